The van der Waals surface area contributed by atoms with Gasteiger partial charge in [-0.05, 0) is 81.5 Å². The first kappa shape index (κ1) is 28.7. The maximum Gasteiger partial charge on any atom is 0.508 e. The van der Waals surface area contributed by atoms with Gasteiger partial charge in [-0.25, -0.2) is 19.7 Å². The molecule has 3 atom stereocenters. The molecule has 2 N–H and O–H groups in total. The highest BCUT2D eigenvalue weighted by Gasteiger charge is 2.53. The normalized spacial score (nSPS) is 33.2. The summed E-state index contributed by atoms with van der Waals surface area (Å²) in [6.07, 6.45) is 15.4. The van der Waals surface area contributed by atoms with E-state index in [1.807, 2.05) is 0 Å². The molecule has 0 radical (unpaired) electrons. The number of rotatable bonds is 9. The van der Waals surface area contributed by atoms with Gasteiger partial charge < -0.3 is 24.7 Å². The van der Waals surface area contributed by atoms with Gasteiger partial charge in [0.05, 0.1) is 18.9 Å². The minimum absolute atomic E-state index is 0.195. The summed E-state index contributed by atoms with van der Waals surface area (Å²) in [6.45, 7) is 5.14. The Kier molecular flexibility index (Phi) is 7.54. The minimum Gasteiger partial charge on any atom is -0.458 e. The summed E-state index contributed by atoms with van der Waals surface area (Å²) in [4.78, 5) is 38.2. The van der Waals surface area contributed by atoms with E-state index in [-0.39, 0.29) is 24.8 Å². The third-order valence-corrected chi connectivity index (χ3v) is 9.77. The van der Waals surface area contributed by atoms with E-state index in [9.17, 15) is 9.59 Å². The number of terminal acetylenes is 1. The van der Waals surface area contributed by atoms with Gasteiger partial charge in [0, 0.05) is 6.42 Å². The number of hydrogen-bond donors (Lipinski definition) is 1. The van der Waals surface area contributed by atoms with Crippen molar-refractivity contribution in [2.24, 2.45) is 29.1 Å². The lowest BCUT2D eigenvalue weighted by molar-refractivity contribution is -0.163. The van der Waals surface area contributed by atoms with Crippen molar-refractivity contribution in [3.63, 3.8) is 0 Å². The number of nitrogens with two attached hydrogens (primary N) is 1. The summed E-state index contributed by atoms with van der Waals surface area (Å²) in [5, 5.41) is 0. The molecule has 4 saturated carbocycles. The average Bonchev–Trinajstić information content (AvgIpc) is 3.51. The van der Waals surface area contributed by atoms with Gasteiger partial charge >= 0.3 is 12.1 Å². The molecule has 3 heterocycles. The first-order chi connectivity index (χ1) is 20.1. The van der Waals surface area contributed by atoms with E-state index in [0.29, 0.717) is 29.0 Å². The van der Waals surface area contributed by atoms with Crippen LogP contribution < -0.4 is 5.73 Å². The molecule has 7 rings (SSSR count). The van der Waals surface area contributed by atoms with Crippen molar-refractivity contribution >= 4 is 29.1 Å². The van der Waals surface area contributed by atoms with Crippen molar-refractivity contribution in [1.29, 1.82) is 0 Å². The van der Waals surface area contributed by atoms with Crippen LogP contribution in [0, 0.1) is 48.4 Å². The number of nitrogens with zero attached hydrogens (tertiary/aromatic N) is 4. The highest BCUT2D eigenvalue weighted by atomic mass is 16.7. The Hall–Kier alpha value is -3.39. The number of aromatic nitrogens is 4. The molecule has 4 aliphatic carbocycles. The molecule has 5 aliphatic rings. The van der Waals surface area contributed by atoms with Crippen molar-refractivity contribution in [1.82, 2.24) is 19.5 Å². The van der Waals surface area contributed by atoms with Crippen LogP contribution in [0.25, 0.3) is 11.2 Å². The van der Waals surface area contributed by atoms with Crippen LogP contribution in [-0.2, 0) is 23.7 Å². The number of esters is 1. The molecule has 1 saturated heterocycles. The molecule has 2 aromatic rings. The Bertz CT molecular complexity index is 1360. The van der Waals surface area contributed by atoms with Crippen LogP contribution in [0.15, 0.2) is 6.33 Å². The molecular formula is C31H41N5O6. The lowest BCUT2D eigenvalue weighted by Crippen LogP contribution is -2.46. The summed E-state index contributed by atoms with van der Waals surface area (Å²) >= 11 is 0. The summed E-state index contributed by atoms with van der Waals surface area (Å²) in [7, 11) is 0. The molecule has 0 aromatic carbocycles. The number of aryl methyl sites for hydroxylation is 1. The molecule has 0 unspecified atom stereocenters. The number of carbonyl (C=O) groups excluding carboxylic acids is 2. The second-order valence-corrected chi connectivity index (χ2v) is 13.3. The number of fused-ring (bicyclic) bond motifs is 1. The van der Waals surface area contributed by atoms with E-state index < -0.39 is 30.1 Å². The molecular weight excluding hydrogens is 538 g/mol. The Morgan fingerprint density at radius 1 is 1.14 bits per heavy atom. The predicted octanol–water partition coefficient (Wildman–Crippen LogP) is 4.73. The van der Waals surface area contributed by atoms with E-state index in [2.05, 4.69) is 20.9 Å². The number of carbonyl (C=O) groups is 2. The van der Waals surface area contributed by atoms with E-state index in [4.69, 9.17) is 31.1 Å². The van der Waals surface area contributed by atoms with Gasteiger partial charge in [0.25, 0.3) is 0 Å². The fourth-order valence-corrected chi connectivity index (χ4v) is 8.29. The Morgan fingerprint density at radius 3 is 2.48 bits per heavy atom. The van der Waals surface area contributed by atoms with Gasteiger partial charge in [0.1, 0.15) is 30.3 Å². The zero-order valence-corrected chi connectivity index (χ0v) is 24.7. The molecule has 2 aromatic heterocycles. The standard InChI is InChI=1S/C31H41N5O6/c1-5-31(16-40-29(38)39-8-6-7-30-13-20-9-21(14-30)11-22(10-20)15-30)23(41-28(37)18(2)3)12-24(42-31)36-17-33-25-26(32)34-19(4)35-27(25)36/h1,17-18,20-24H,6-16H2,2-4H3,(H2,32,34,35)/t20?,21?,22?,23-,24+,30?,31+/m0/s1. The van der Waals surface area contributed by atoms with Gasteiger partial charge in [0.15, 0.2) is 11.5 Å². The molecule has 11 heteroatoms. The van der Waals surface area contributed by atoms with Crippen LogP contribution in [0.2, 0.25) is 0 Å². The molecule has 226 valence electrons. The van der Waals surface area contributed by atoms with E-state index in [1.54, 1.807) is 25.3 Å². The van der Waals surface area contributed by atoms with Crippen molar-refractivity contribution in [3.05, 3.63) is 12.2 Å². The number of hydrogen-bond acceptors (Lipinski definition) is 10. The third-order valence-electron chi connectivity index (χ3n) is 9.77. The lowest BCUT2D eigenvalue weighted by Gasteiger charge is -2.57. The second kappa shape index (κ2) is 11.0. The van der Waals surface area contributed by atoms with Crippen LogP contribution in [0.5, 0.6) is 0 Å². The fraction of sp³-hybridized carbons (Fsp3) is 0.710. The molecule has 0 amide bonds. The first-order valence-corrected chi connectivity index (χ1v) is 15.2. The fourth-order valence-electron chi connectivity index (χ4n) is 8.29. The van der Waals surface area contributed by atoms with Gasteiger partial charge in [-0.1, -0.05) is 19.8 Å². The molecule has 1 aliphatic heterocycles. The van der Waals surface area contributed by atoms with E-state index in [0.717, 1.165) is 30.6 Å². The SMILES string of the molecule is C#C[C@]1(COC(=O)OCCCC23CC4CC(CC(C4)C2)C3)O[C@@H](n2cnc3c(N)nc(C)nc32)C[C@@H]1OC(=O)C(C)C. The maximum absolute atomic E-state index is 12.7. The monoisotopic (exact) mass is 579 g/mol. The zero-order valence-electron chi connectivity index (χ0n) is 24.7. The van der Waals surface area contributed by atoms with Gasteiger partial charge in [-0.15, -0.1) is 6.42 Å². The summed E-state index contributed by atoms with van der Waals surface area (Å²) in [6, 6.07) is 0. The topological polar surface area (TPSA) is 141 Å². The number of ether oxygens (including phenoxy) is 4. The highest BCUT2D eigenvalue weighted by molar-refractivity contribution is 5.81. The number of anilines is 1. The molecule has 4 bridgehead atoms. The maximum atomic E-state index is 12.7. The molecule has 5 fully saturated rings. The molecule has 11 nitrogen and oxygen atoms in total. The van der Waals surface area contributed by atoms with Crippen molar-refractivity contribution in [3.8, 4) is 12.3 Å². The number of imidazole rings is 1. The van der Waals surface area contributed by atoms with Crippen molar-refractivity contribution in [2.75, 3.05) is 18.9 Å². The predicted molar refractivity (Wildman–Crippen MR) is 153 cm³/mol. The highest BCUT2D eigenvalue weighted by Crippen LogP contribution is 2.61. The van der Waals surface area contributed by atoms with E-state index in [1.165, 1.54) is 44.9 Å². The third kappa shape index (κ3) is 5.41. The van der Waals surface area contributed by atoms with Gasteiger partial charge in [-0.3, -0.25) is 9.36 Å². The Morgan fingerprint density at radius 2 is 1.83 bits per heavy atom. The molecule has 0 spiro atoms. The Labute approximate surface area is 246 Å². The smallest absolute Gasteiger partial charge is 0.458 e. The molecule has 42 heavy (non-hydrogen) atoms. The van der Waals surface area contributed by atoms with E-state index >= 15 is 0 Å². The summed E-state index contributed by atoms with van der Waals surface area (Å²) < 4.78 is 24.7. The first-order valence-electron chi connectivity index (χ1n) is 15.2. The van der Waals surface area contributed by atoms with Gasteiger partial charge in [-0.2, -0.15) is 0 Å². The van der Waals surface area contributed by atoms with Crippen LogP contribution in [0.1, 0.15) is 83.7 Å². The van der Waals surface area contributed by atoms with Gasteiger partial charge in [0.2, 0.25) is 5.60 Å². The quantitative estimate of drug-likeness (QED) is 0.252. The second-order valence-electron chi connectivity index (χ2n) is 13.3. The van der Waals surface area contributed by atoms with Crippen LogP contribution >= 0.6 is 0 Å². The Balaban J connectivity index is 1.09. The van der Waals surface area contributed by atoms with Crippen molar-refractivity contribution < 1.29 is 28.5 Å². The van der Waals surface area contributed by atoms with Crippen LogP contribution in [0.4, 0.5) is 10.6 Å². The van der Waals surface area contributed by atoms with Crippen LogP contribution in [-0.4, -0.2) is 56.6 Å². The van der Waals surface area contributed by atoms with Crippen LogP contribution in [0.3, 0.4) is 0 Å². The summed E-state index contributed by atoms with van der Waals surface area (Å²) in [5.74, 6) is 5.18. The minimum atomic E-state index is -1.53. The zero-order chi connectivity index (χ0) is 29.6. The lowest BCUT2D eigenvalue weighted by atomic mass is 9.48. The largest absolute Gasteiger partial charge is 0.508 e. The summed E-state index contributed by atoms with van der Waals surface area (Å²) in [5.41, 5.74) is 5.83. The number of nitrogen functional groups attached to an aromatic ring is 1. The van der Waals surface area contributed by atoms with Crippen molar-refractivity contribution in [2.45, 2.75) is 96.5 Å². The average molecular weight is 580 g/mol.